The third-order valence-corrected chi connectivity index (χ3v) is 5.80. The van der Waals surface area contributed by atoms with Gasteiger partial charge < -0.3 is 15.0 Å². The van der Waals surface area contributed by atoms with Crippen molar-refractivity contribution in [1.29, 1.82) is 0 Å². The first kappa shape index (κ1) is 18.2. The number of piperidine rings is 2. The van der Waals surface area contributed by atoms with Gasteiger partial charge in [0.05, 0.1) is 0 Å². The first-order valence-electron chi connectivity index (χ1n) is 9.83. The SMILES string of the molecule is Cc1ccc(OC2CCN(C(=O)CC(C)C3CCNCC3)CC2)cc1. The largest absolute Gasteiger partial charge is 0.490 e. The van der Waals surface area contributed by atoms with E-state index in [2.05, 4.69) is 31.3 Å². The van der Waals surface area contributed by atoms with Crippen LogP contribution in [0.5, 0.6) is 5.75 Å². The van der Waals surface area contributed by atoms with Crippen molar-refractivity contribution < 1.29 is 9.53 Å². The topological polar surface area (TPSA) is 41.6 Å². The quantitative estimate of drug-likeness (QED) is 0.890. The number of amides is 1. The molecule has 0 bridgehead atoms. The predicted octanol–water partition coefficient (Wildman–Crippen LogP) is 3.39. The van der Waals surface area contributed by atoms with E-state index in [-0.39, 0.29) is 6.10 Å². The van der Waals surface area contributed by atoms with Crippen LogP contribution in [0.3, 0.4) is 0 Å². The van der Waals surface area contributed by atoms with Gasteiger partial charge in [-0.25, -0.2) is 0 Å². The van der Waals surface area contributed by atoms with Gasteiger partial charge in [0.25, 0.3) is 0 Å². The number of benzene rings is 1. The van der Waals surface area contributed by atoms with Gasteiger partial charge in [0, 0.05) is 32.4 Å². The lowest BCUT2D eigenvalue weighted by Crippen LogP contribution is -2.43. The van der Waals surface area contributed by atoms with Crippen molar-refractivity contribution in [2.45, 2.75) is 52.1 Å². The number of nitrogens with zero attached hydrogens (tertiary/aromatic N) is 1. The number of likely N-dealkylation sites (tertiary alicyclic amines) is 1. The molecule has 0 radical (unpaired) electrons. The molecular weight excluding hydrogens is 312 g/mol. The molecule has 25 heavy (non-hydrogen) atoms. The Morgan fingerprint density at radius 1 is 1.16 bits per heavy atom. The molecule has 1 amide bonds. The van der Waals surface area contributed by atoms with E-state index in [0.29, 0.717) is 24.2 Å². The lowest BCUT2D eigenvalue weighted by Gasteiger charge is -2.34. The van der Waals surface area contributed by atoms with Crippen molar-refractivity contribution in [3.63, 3.8) is 0 Å². The summed E-state index contributed by atoms with van der Waals surface area (Å²) < 4.78 is 6.07. The summed E-state index contributed by atoms with van der Waals surface area (Å²) >= 11 is 0. The number of hydrogen-bond donors (Lipinski definition) is 1. The summed E-state index contributed by atoms with van der Waals surface area (Å²) in [5.74, 6) is 2.47. The molecule has 0 aliphatic carbocycles. The number of aryl methyl sites for hydroxylation is 1. The van der Waals surface area contributed by atoms with Crippen LogP contribution in [0.1, 0.15) is 44.6 Å². The highest BCUT2D eigenvalue weighted by Crippen LogP contribution is 2.26. The summed E-state index contributed by atoms with van der Waals surface area (Å²) in [6, 6.07) is 8.23. The molecule has 1 unspecified atom stereocenters. The summed E-state index contributed by atoms with van der Waals surface area (Å²) in [5.41, 5.74) is 1.25. The van der Waals surface area contributed by atoms with E-state index in [9.17, 15) is 4.79 Å². The maximum absolute atomic E-state index is 12.6. The molecule has 2 aliphatic rings. The van der Waals surface area contributed by atoms with E-state index in [1.807, 2.05) is 17.0 Å². The monoisotopic (exact) mass is 344 g/mol. The summed E-state index contributed by atoms with van der Waals surface area (Å²) in [4.78, 5) is 14.7. The van der Waals surface area contributed by atoms with Crippen LogP contribution in [-0.2, 0) is 4.79 Å². The molecule has 1 N–H and O–H groups in total. The van der Waals surface area contributed by atoms with E-state index in [1.165, 1.54) is 18.4 Å². The Kier molecular flexibility index (Phi) is 6.35. The van der Waals surface area contributed by atoms with Gasteiger partial charge in [-0.1, -0.05) is 24.6 Å². The van der Waals surface area contributed by atoms with Crippen LogP contribution in [0.15, 0.2) is 24.3 Å². The van der Waals surface area contributed by atoms with E-state index >= 15 is 0 Å². The minimum absolute atomic E-state index is 0.230. The average Bonchev–Trinajstić information content (AvgIpc) is 2.65. The Balaban J connectivity index is 1.41. The molecular formula is C21H32N2O2. The van der Waals surface area contributed by atoms with E-state index in [0.717, 1.165) is 44.8 Å². The summed E-state index contributed by atoms with van der Waals surface area (Å²) in [6.07, 6.45) is 5.21. The Labute approximate surface area is 151 Å². The number of rotatable bonds is 5. The fraction of sp³-hybridized carbons (Fsp3) is 0.667. The van der Waals surface area contributed by atoms with Gasteiger partial charge in [0.1, 0.15) is 11.9 Å². The zero-order valence-corrected chi connectivity index (χ0v) is 15.7. The first-order valence-corrected chi connectivity index (χ1v) is 9.83. The van der Waals surface area contributed by atoms with Gasteiger partial charge in [-0.2, -0.15) is 0 Å². The van der Waals surface area contributed by atoms with Crippen LogP contribution < -0.4 is 10.1 Å². The summed E-state index contributed by atoms with van der Waals surface area (Å²) in [6.45, 7) is 8.19. The fourth-order valence-electron chi connectivity index (χ4n) is 4.02. The Hall–Kier alpha value is -1.55. The highest BCUT2D eigenvalue weighted by atomic mass is 16.5. The maximum atomic E-state index is 12.6. The standard InChI is InChI=1S/C21H32N2O2/c1-16-3-5-19(6-4-16)25-20-9-13-23(14-10-20)21(24)15-17(2)18-7-11-22-12-8-18/h3-6,17-18,20,22H,7-15H2,1-2H3. The van der Waals surface area contributed by atoms with Crippen molar-refractivity contribution in [2.75, 3.05) is 26.2 Å². The molecule has 4 heteroatoms. The van der Waals surface area contributed by atoms with Crippen LogP contribution in [-0.4, -0.2) is 43.1 Å². The molecule has 3 rings (SSSR count). The van der Waals surface area contributed by atoms with Crippen LogP contribution >= 0.6 is 0 Å². The number of ether oxygens (including phenoxy) is 1. The van der Waals surface area contributed by atoms with Crippen molar-refractivity contribution in [1.82, 2.24) is 10.2 Å². The van der Waals surface area contributed by atoms with Crippen LogP contribution in [0.2, 0.25) is 0 Å². The number of nitrogens with one attached hydrogen (secondary N) is 1. The molecule has 0 aromatic heterocycles. The Morgan fingerprint density at radius 3 is 2.44 bits per heavy atom. The zero-order valence-electron chi connectivity index (χ0n) is 15.7. The summed E-state index contributed by atoms with van der Waals surface area (Å²) in [5, 5.41) is 3.40. The van der Waals surface area contributed by atoms with Crippen molar-refractivity contribution >= 4 is 5.91 Å². The van der Waals surface area contributed by atoms with Crippen LogP contribution in [0, 0.1) is 18.8 Å². The molecule has 2 aliphatic heterocycles. The molecule has 1 aromatic rings. The average molecular weight is 344 g/mol. The van der Waals surface area contributed by atoms with Gasteiger partial charge >= 0.3 is 0 Å². The van der Waals surface area contributed by atoms with E-state index < -0.39 is 0 Å². The molecule has 0 saturated carbocycles. The predicted molar refractivity (Wildman–Crippen MR) is 101 cm³/mol. The molecule has 1 aromatic carbocycles. The third kappa shape index (κ3) is 5.21. The van der Waals surface area contributed by atoms with E-state index in [1.54, 1.807) is 0 Å². The smallest absolute Gasteiger partial charge is 0.222 e. The van der Waals surface area contributed by atoms with E-state index in [4.69, 9.17) is 4.74 Å². The highest BCUT2D eigenvalue weighted by Gasteiger charge is 2.27. The number of hydrogen-bond acceptors (Lipinski definition) is 3. The van der Waals surface area contributed by atoms with Gasteiger partial charge in [0.15, 0.2) is 0 Å². The third-order valence-electron chi connectivity index (χ3n) is 5.80. The molecule has 0 spiro atoms. The fourth-order valence-corrected chi connectivity index (χ4v) is 4.02. The first-order chi connectivity index (χ1) is 12.1. The molecule has 2 heterocycles. The molecule has 2 fully saturated rings. The summed E-state index contributed by atoms with van der Waals surface area (Å²) in [7, 11) is 0. The van der Waals surface area contributed by atoms with Crippen molar-refractivity contribution in [2.24, 2.45) is 11.8 Å². The molecule has 138 valence electrons. The second-order valence-electron chi connectivity index (χ2n) is 7.78. The minimum atomic E-state index is 0.230. The van der Waals surface area contributed by atoms with Gasteiger partial charge in [-0.3, -0.25) is 4.79 Å². The molecule has 4 nitrogen and oxygen atoms in total. The van der Waals surface area contributed by atoms with Gasteiger partial charge in [-0.05, 0) is 56.8 Å². The normalized spacial score (nSPS) is 21.1. The Bertz CT molecular complexity index is 544. The zero-order chi connectivity index (χ0) is 17.6. The van der Waals surface area contributed by atoms with Gasteiger partial charge in [0.2, 0.25) is 5.91 Å². The number of carbonyl (C=O) groups excluding carboxylic acids is 1. The minimum Gasteiger partial charge on any atom is -0.490 e. The van der Waals surface area contributed by atoms with Crippen LogP contribution in [0.25, 0.3) is 0 Å². The second-order valence-corrected chi connectivity index (χ2v) is 7.78. The lowest BCUT2D eigenvalue weighted by atomic mass is 9.84. The molecule has 1 atom stereocenters. The van der Waals surface area contributed by atoms with Gasteiger partial charge in [-0.15, -0.1) is 0 Å². The van der Waals surface area contributed by atoms with Crippen LogP contribution in [0.4, 0.5) is 0 Å². The number of carbonyl (C=O) groups is 1. The Morgan fingerprint density at radius 2 is 1.80 bits per heavy atom. The lowest BCUT2D eigenvalue weighted by molar-refractivity contribution is -0.134. The van der Waals surface area contributed by atoms with Crippen molar-refractivity contribution in [3.05, 3.63) is 29.8 Å². The van der Waals surface area contributed by atoms with Crippen molar-refractivity contribution in [3.8, 4) is 5.75 Å². The second kappa shape index (κ2) is 8.70. The molecule has 2 saturated heterocycles. The highest BCUT2D eigenvalue weighted by molar-refractivity contribution is 5.76. The maximum Gasteiger partial charge on any atom is 0.222 e.